The van der Waals surface area contributed by atoms with Crippen molar-refractivity contribution in [2.75, 3.05) is 4.72 Å². The molecular formula is C23H20FN3O3S. The van der Waals surface area contributed by atoms with Gasteiger partial charge in [-0.1, -0.05) is 6.58 Å². The summed E-state index contributed by atoms with van der Waals surface area (Å²) in [6.45, 7) is 7.29. The fourth-order valence-corrected chi connectivity index (χ4v) is 3.78. The van der Waals surface area contributed by atoms with Crippen molar-refractivity contribution in [3.8, 4) is 22.6 Å². The van der Waals surface area contributed by atoms with Crippen LogP contribution >= 0.6 is 11.9 Å². The van der Waals surface area contributed by atoms with E-state index in [2.05, 4.69) is 16.3 Å². The molecule has 0 radical (unpaired) electrons. The van der Waals surface area contributed by atoms with E-state index in [9.17, 15) is 9.18 Å². The number of pyridine rings is 1. The van der Waals surface area contributed by atoms with Crippen LogP contribution in [0.25, 0.3) is 22.2 Å². The van der Waals surface area contributed by atoms with E-state index in [1.807, 2.05) is 18.2 Å². The topological polar surface area (TPSA) is 69.3 Å². The van der Waals surface area contributed by atoms with Crippen molar-refractivity contribution < 1.29 is 13.5 Å². The van der Waals surface area contributed by atoms with E-state index in [1.165, 1.54) is 35.0 Å². The van der Waals surface area contributed by atoms with Crippen LogP contribution in [0.3, 0.4) is 0 Å². The van der Waals surface area contributed by atoms with E-state index in [4.69, 9.17) is 9.15 Å². The number of nitrogens with one attached hydrogen (secondary N) is 1. The van der Waals surface area contributed by atoms with Crippen molar-refractivity contribution in [2.24, 2.45) is 7.05 Å². The molecule has 31 heavy (non-hydrogen) atoms. The zero-order valence-electron chi connectivity index (χ0n) is 17.2. The van der Waals surface area contributed by atoms with Gasteiger partial charge in [-0.15, -0.1) is 0 Å². The number of nitrogens with zero attached hydrogens (tertiary/aromatic N) is 2. The van der Waals surface area contributed by atoms with Crippen LogP contribution in [0.15, 0.2) is 64.1 Å². The van der Waals surface area contributed by atoms with Gasteiger partial charge in [0.1, 0.15) is 22.8 Å². The fraction of sp³-hybridized carbons (Fsp3) is 0.130. The Labute approximate surface area is 182 Å². The molecule has 0 aliphatic carbocycles. The number of aryl methyl sites for hydroxylation is 3. The number of hydrogen-bond donors (Lipinski definition) is 1. The van der Waals surface area contributed by atoms with Gasteiger partial charge in [-0.3, -0.25) is 4.79 Å². The van der Waals surface area contributed by atoms with Gasteiger partial charge in [-0.2, -0.15) is 0 Å². The zero-order chi connectivity index (χ0) is 22.1. The third-order valence-corrected chi connectivity index (χ3v) is 5.35. The van der Waals surface area contributed by atoms with Crippen LogP contribution in [0.1, 0.15) is 11.1 Å². The zero-order valence-corrected chi connectivity index (χ0v) is 18.0. The molecule has 0 spiro atoms. The second kappa shape index (κ2) is 8.31. The van der Waals surface area contributed by atoms with E-state index in [1.54, 1.807) is 32.5 Å². The van der Waals surface area contributed by atoms with Gasteiger partial charge in [-0.05, 0) is 72.7 Å². The Morgan fingerprint density at radius 1 is 1.23 bits per heavy atom. The summed E-state index contributed by atoms with van der Waals surface area (Å²) >= 11 is 1.33. The van der Waals surface area contributed by atoms with Crippen LogP contribution in [-0.4, -0.2) is 9.55 Å². The Bertz CT molecular complexity index is 1340. The summed E-state index contributed by atoms with van der Waals surface area (Å²) in [6, 6.07) is 8.45. The molecule has 4 aromatic rings. The fourth-order valence-electron chi connectivity index (χ4n) is 3.43. The second-order valence-electron chi connectivity index (χ2n) is 7.06. The number of aromatic nitrogens is 2. The molecule has 2 aromatic heterocycles. The Hall–Kier alpha value is -3.52. The number of halogens is 1. The van der Waals surface area contributed by atoms with Crippen LogP contribution in [0, 0.1) is 19.7 Å². The van der Waals surface area contributed by atoms with Gasteiger partial charge in [0.25, 0.3) is 5.56 Å². The van der Waals surface area contributed by atoms with Crippen LogP contribution in [0.2, 0.25) is 0 Å². The van der Waals surface area contributed by atoms with E-state index >= 15 is 0 Å². The molecule has 0 saturated carbocycles. The molecule has 0 bridgehead atoms. The maximum absolute atomic E-state index is 13.8. The van der Waals surface area contributed by atoms with Gasteiger partial charge in [-0.25, -0.2) is 9.37 Å². The van der Waals surface area contributed by atoms with Crippen molar-refractivity contribution in [3.05, 3.63) is 82.2 Å². The quantitative estimate of drug-likeness (QED) is 0.376. The van der Waals surface area contributed by atoms with Crippen LogP contribution in [0.4, 0.5) is 10.1 Å². The van der Waals surface area contributed by atoms with Gasteiger partial charge >= 0.3 is 0 Å². The summed E-state index contributed by atoms with van der Waals surface area (Å²) in [5.41, 5.74) is 3.87. The first-order chi connectivity index (χ1) is 14.9. The molecule has 0 aliphatic rings. The summed E-state index contributed by atoms with van der Waals surface area (Å²) in [6.07, 6.45) is 2.95. The van der Waals surface area contributed by atoms with E-state index < -0.39 is 0 Å². The summed E-state index contributed by atoms with van der Waals surface area (Å²) < 4.78 is 30.0. The maximum Gasteiger partial charge on any atom is 0.295 e. The van der Waals surface area contributed by atoms with Crippen molar-refractivity contribution in [3.63, 3.8) is 0 Å². The molecule has 4 rings (SSSR count). The molecule has 158 valence electrons. The number of rotatable bonds is 6. The average Bonchev–Trinajstić information content (AvgIpc) is 3.22. The molecule has 2 heterocycles. The number of fused-ring (bicyclic) bond motifs is 1. The number of benzene rings is 2. The van der Waals surface area contributed by atoms with Crippen molar-refractivity contribution in [1.82, 2.24) is 9.55 Å². The smallest absolute Gasteiger partial charge is 0.295 e. The Balaban J connectivity index is 1.92. The molecular weight excluding hydrogens is 417 g/mol. The molecule has 0 saturated heterocycles. The van der Waals surface area contributed by atoms with Crippen LogP contribution < -0.4 is 15.0 Å². The molecule has 0 fully saturated rings. The first-order valence-corrected chi connectivity index (χ1v) is 10.3. The minimum atomic E-state index is -0.314. The Morgan fingerprint density at radius 3 is 2.68 bits per heavy atom. The van der Waals surface area contributed by atoms with Gasteiger partial charge in [0.2, 0.25) is 5.58 Å². The highest BCUT2D eigenvalue weighted by molar-refractivity contribution is 8.03. The van der Waals surface area contributed by atoms with E-state index in [-0.39, 0.29) is 17.0 Å². The highest BCUT2D eigenvalue weighted by atomic mass is 32.2. The lowest BCUT2D eigenvalue weighted by atomic mass is 10.0. The number of anilines is 1. The van der Waals surface area contributed by atoms with Crippen LogP contribution in [0.5, 0.6) is 11.5 Å². The van der Waals surface area contributed by atoms with Crippen molar-refractivity contribution >= 4 is 28.7 Å². The molecule has 8 heteroatoms. The van der Waals surface area contributed by atoms with Gasteiger partial charge in [0.05, 0.1) is 0 Å². The van der Waals surface area contributed by atoms with E-state index in [0.717, 1.165) is 5.69 Å². The summed E-state index contributed by atoms with van der Waals surface area (Å²) in [7, 11) is 1.65. The molecule has 1 N–H and O–H groups in total. The summed E-state index contributed by atoms with van der Waals surface area (Å²) in [5.74, 6) is 0.797. The minimum Gasteiger partial charge on any atom is -0.456 e. The largest absolute Gasteiger partial charge is 0.456 e. The number of oxazole rings is 1. The van der Waals surface area contributed by atoms with Gasteiger partial charge in [0, 0.05) is 30.1 Å². The molecule has 0 unspecified atom stereocenters. The summed E-state index contributed by atoms with van der Waals surface area (Å²) in [4.78, 5) is 16.7. The van der Waals surface area contributed by atoms with Crippen LogP contribution in [-0.2, 0) is 7.05 Å². The highest BCUT2D eigenvalue weighted by Gasteiger charge is 2.19. The monoisotopic (exact) mass is 437 g/mol. The molecule has 2 aromatic carbocycles. The maximum atomic E-state index is 13.8. The van der Waals surface area contributed by atoms with Crippen molar-refractivity contribution in [1.29, 1.82) is 0 Å². The minimum absolute atomic E-state index is 0.166. The third kappa shape index (κ3) is 3.94. The Kier molecular flexibility index (Phi) is 5.56. The second-order valence-corrected chi connectivity index (χ2v) is 7.83. The Morgan fingerprint density at radius 2 is 1.97 bits per heavy atom. The molecule has 0 amide bonds. The van der Waals surface area contributed by atoms with Crippen molar-refractivity contribution in [2.45, 2.75) is 13.8 Å². The summed E-state index contributed by atoms with van der Waals surface area (Å²) in [5, 5.41) is 1.68. The van der Waals surface area contributed by atoms with Gasteiger partial charge in [0.15, 0.2) is 6.39 Å². The molecule has 0 atom stereocenters. The molecule has 0 aliphatic heterocycles. The first-order valence-electron chi connectivity index (χ1n) is 9.43. The predicted octanol–water partition coefficient (Wildman–Crippen LogP) is 5.95. The number of hydrogen-bond acceptors (Lipinski definition) is 6. The third-order valence-electron chi connectivity index (χ3n) is 4.83. The lowest BCUT2D eigenvalue weighted by Crippen LogP contribution is -2.16. The average molecular weight is 437 g/mol. The van der Waals surface area contributed by atoms with Gasteiger partial charge < -0.3 is 18.4 Å². The van der Waals surface area contributed by atoms with E-state index in [0.29, 0.717) is 39.3 Å². The molecule has 6 nitrogen and oxygen atoms in total. The predicted molar refractivity (Wildman–Crippen MR) is 122 cm³/mol. The normalized spacial score (nSPS) is 11.0. The number of ether oxygens (including phenoxy) is 1. The standard InChI is InChI=1S/C23H20FN3O3S/c1-5-31-26-16-6-7-19(30-21-13(2)8-15(24)9-14(21)3)17(10-16)18-11-27(4)23(28)22-20(18)25-12-29-22/h5-12,26H,1H2,2-4H3. The highest BCUT2D eigenvalue weighted by Crippen LogP contribution is 2.40. The lowest BCUT2D eigenvalue weighted by molar-refractivity contribution is 0.474. The lowest BCUT2D eigenvalue weighted by Gasteiger charge is -2.17. The first kappa shape index (κ1) is 20.7. The SMILES string of the molecule is C=CSNc1ccc(Oc2c(C)cc(F)cc2C)c(-c2cn(C)c(=O)c3ocnc23)c1.